The van der Waals surface area contributed by atoms with Gasteiger partial charge in [-0.3, -0.25) is 32.3 Å². The zero-order valence-corrected chi connectivity index (χ0v) is 57.0. The fraction of sp³-hybridized carbons (Fsp3) is 0.234. The minimum Gasteiger partial charge on any atom is -0.494 e. The molecule has 0 atom stereocenters. The number of terminal acetylenes is 4. The number of anilines is 6. The molecular weight excluding hydrogens is 1270 g/mol. The van der Waals surface area contributed by atoms with Crippen LogP contribution in [0.15, 0.2) is 180 Å². The van der Waals surface area contributed by atoms with Gasteiger partial charge in [-0.05, 0) is 106 Å². The monoisotopic (exact) mass is 1350 g/mol. The molecule has 510 valence electrons. The van der Waals surface area contributed by atoms with Crippen molar-refractivity contribution in [3.63, 3.8) is 0 Å². The van der Waals surface area contributed by atoms with Gasteiger partial charge in [-0.2, -0.15) is 0 Å². The molecule has 3 N–H and O–H groups in total. The summed E-state index contributed by atoms with van der Waals surface area (Å²) in [5.74, 6) is 13.8. The normalized spacial score (nSPS) is 12.1. The van der Waals surface area contributed by atoms with Crippen molar-refractivity contribution in [2.75, 3.05) is 96.7 Å². The summed E-state index contributed by atoms with van der Waals surface area (Å²) >= 11 is 0. The molecule has 0 aliphatic carbocycles. The van der Waals surface area contributed by atoms with Gasteiger partial charge in [-0.1, -0.05) is 55.7 Å². The molecule has 12 aromatic rings. The number of piperazine rings is 1. The van der Waals surface area contributed by atoms with Crippen molar-refractivity contribution in [1.29, 1.82) is 0 Å². The lowest BCUT2D eigenvalue weighted by Crippen LogP contribution is -2.45. The first-order valence-corrected chi connectivity index (χ1v) is 32.7. The fourth-order valence-corrected chi connectivity index (χ4v) is 11.7. The summed E-state index contributed by atoms with van der Waals surface area (Å²) in [5, 5.41) is 12.2. The van der Waals surface area contributed by atoms with Crippen LogP contribution >= 0.6 is 0 Å². The van der Waals surface area contributed by atoms with Gasteiger partial charge in [0.1, 0.15) is 53.7 Å². The second-order valence-electron chi connectivity index (χ2n) is 23.4. The van der Waals surface area contributed by atoms with E-state index in [-0.39, 0.29) is 23.6 Å². The van der Waals surface area contributed by atoms with Gasteiger partial charge in [0.25, 0.3) is 0 Å². The molecule has 0 spiro atoms. The summed E-state index contributed by atoms with van der Waals surface area (Å²) in [6.45, 7) is 13.7. The second-order valence-corrected chi connectivity index (χ2v) is 23.4. The van der Waals surface area contributed by atoms with Crippen molar-refractivity contribution in [2.24, 2.45) is 0 Å². The summed E-state index contributed by atoms with van der Waals surface area (Å²) in [5.41, 5.74) is 8.08. The van der Waals surface area contributed by atoms with E-state index in [0.717, 1.165) is 109 Å². The van der Waals surface area contributed by atoms with Crippen molar-refractivity contribution in [3.05, 3.63) is 214 Å². The Morgan fingerprint density at radius 1 is 0.465 bits per heavy atom. The van der Waals surface area contributed by atoms with E-state index in [9.17, 15) is 14.4 Å². The van der Waals surface area contributed by atoms with Crippen molar-refractivity contribution in [2.45, 2.75) is 39.9 Å². The molecule has 24 nitrogen and oxygen atoms in total. The number of likely N-dealkylation sites (N-methyl/N-ethyl adjacent to an activating group) is 1. The maximum Gasteiger partial charge on any atom is 0.333 e. The average molecular weight is 1350 g/mol. The number of ether oxygens (including phenoxy) is 3. The van der Waals surface area contributed by atoms with Gasteiger partial charge in [0.05, 0.1) is 61.5 Å². The first kappa shape index (κ1) is 69.6. The third-order valence-electron chi connectivity index (χ3n) is 17.3. The summed E-state index contributed by atoms with van der Waals surface area (Å²) in [6.07, 6.45) is 37.8. The molecule has 6 aromatic heterocycles. The molecule has 24 heteroatoms. The minimum atomic E-state index is -0.265. The lowest BCUT2D eigenvalue weighted by atomic mass is 10.1. The number of hydrogen-bond donors (Lipinski definition) is 3. The smallest absolute Gasteiger partial charge is 0.333 e. The maximum atomic E-state index is 13.3. The summed E-state index contributed by atoms with van der Waals surface area (Å²) in [4.78, 5) is 72.7. The number of imidazole rings is 3. The van der Waals surface area contributed by atoms with Gasteiger partial charge in [-0.15, -0.1) is 25.7 Å². The van der Waals surface area contributed by atoms with Crippen LogP contribution in [0, 0.1) is 49.4 Å². The molecule has 6 aromatic carbocycles. The number of benzene rings is 6. The number of hydrogen-bond acceptors (Lipinski definition) is 18. The zero-order valence-electron chi connectivity index (χ0n) is 57.0. The predicted octanol–water partition coefficient (Wildman–Crippen LogP) is 9.56. The SMILES string of the molecule is C#CCn1ccn(-c2cc3c(Nc4cccc(C#C)c4)ncnc3cc2OC)c1=O.C#Cc1cccc(Nc2ncnc3cc(OC)c(-n4ccn(CCCN(CC)CC)c4=O)cc23)c1.C#Cc1cccc(Nc2ncnc3cc(OC)c(-n4ccn(CCN5CCN(C)CC5)c4=O)cc23)c1. The molecule has 101 heavy (non-hydrogen) atoms. The number of aryl methyl sites for hydroxylation is 1. The highest BCUT2D eigenvalue weighted by atomic mass is 16.5. The van der Waals surface area contributed by atoms with Crippen LogP contribution in [0.4, 0.5) is 34.5 Å². The van der Waals surface area contributed by atoms with E-state index in [2.05, 4.69) is 105 Å². The van der Waals surface area contributed by atoms with Gasteiger partial charge >= 0.3 is 17.1 Å². The molecule has 1 saturated heterocycles. The topological polar surface area (TPSA) is 232 Å². The van der Waals surface area contributed by atoms with Crippen LogP contribution in [0.2, 0.25) is 0 Å². The number of methoxy groups -OCH3 is 3. The molecule has 7 heterocycles. The first-order chi connectivity index (χ1) is 49.3. The van der Waals surface area contributed by atoms with Crippen LogP contribution in [-0.4, -0.2) is 153 Å². The quantitative estimate of drug-likeness (QED) is 0.0536. The maximum absolute atomic E-state index is 13.3. The lowest BCUT2D eigenvalue weighted by Gasteiger charge is -2.32. The van der Waals surface area contributed by atoms with Crippen molar-refractivity contribution >= 4 is 67.2 Å². The summed E-state index contributed by atoms with van der Waals surface area (Å²) in [6, 6.07) is 33.5. The number of nitrogens with one attached hydrogen (secondary N) is 3. The van der Waals surface area contributed by atoms with E-state index in [4.69, 9.17) is 39.9 Å². The molecule has 1 aliphatic rings. The zero-order chi connectivity index (χ0) is 70.9. The molecule has 1 fully saturated rings. The Morgan fingerprint density at radius 3 is 1.21 bits per heavy atom. The van der Waals surface area contributed by atoms with Crippen LogP contribution in [-0.2, 0) is 19.6 Å². The Hall–Kier alpha value is -12.7. The number of aromatic nitrogens is 12. The van der Waals surface area contributed by atoms with Crippen LogP contribution in [0.5, 0.6) is 17.2 Å². The Labute approximate surface area is 584 Å². The van der Waals surface area contributed by atoms with Crippen LogP contribution in [0.3, 0.4) is 0 Å². The molecule has 13 rings (SSSR count). The van der Waals surface area contributed by atoms with Gasteiger partial charge in [-0.25, -0.2) is 44.3 Å². The molecule has 0 bridgehead atoms. The molecule has 0 amide bonds. The highest BCUT2D eigenvalue weighted by Crippen LogP contribution is 2.35. The lowest BCUT2D eigenvalue weighted by molar-refractivity contribution is 0.149. The van der Waals surface area contributed by atoms with Crippen molar-refractivity contribution in [3.8, 4) is 83.7 Å². The Kier molecular flexibility index (Phi) is 22.4. The number of fused-ring (bicyclic) bond motifs is 3. The van der Waals surface area contributed by atoms with Gasteiger partial charge in [0.15, 0.2) is 0 Å². The van der Waals surface area contributed by atoms with Gasteiger partial charge in [0, 0.05) is 151 Å². The number of rotatable bonds is 22. The van der Waals surface area contributed by atoms with E-state index in [1.807, 2.05) is 116 Å². The minimum absolute atomic E-state index is 0.115. The van der Waals surface area contributed by atoms with Gasteiger partial charge in [0.2, 0.25) is 0 Å². The molecule has 0 radical (unpaired) electrons. The standard InChI is InChI=1S/C27H29N7O2.C27H30N6O2.C23H17N5O2/c1-4-20-6-5-7-21(16-20)30-26-22-17-24(25(36-3)18-23(22)28-19-29-26)34-15-14-33(27(34)35)13-12-32-10-8-31(2)9-11-32;1-5-20-10-8-11-21(16-20)30-26-22-17-24(25(35-4)18-23(22)28-19-29-26)33-15-14-32(27(33)34)13-9-12-31(6-2)7-3;1-4-9-27-10-11-28(23(27)29)20-13-18-19(14-21(20)30-3)24-15-25-22(18)26-17-8-6-7-16(5-2)12-17/h1,5-7,14-19H,8-13H2,2-3H3,(H,28,29,30);1,8,10-11,14-19H,6-7,9,12-13H2,2-4H3,(H,28,29,30);1-2,6-8,10-15H,9H2,3H3,(H,24,25,26). The Balaban J connectivity index is 0.000000153. The molecular formula is C77H76N18O6. The highest BCUT2D eigenvalue weighted by molar-refractivity contribution is 5.96. The van der Waals surface area contributed by atoms with Gasteiger partial charge < -0.3 is 40.0 Å². The predicted molar refractivity (Wildman–Crippen MR) is 397 cm³/mol. The third kappa shape index (κ3) is 16.1. The first-order valence-electron chi connectivity index (χ1n) is 32.7. The molecule has 0 saturated carbocycles. The van der Waals surface area contributed by atoms with Crippen LogP contribution in [0.25, 0.3) is 49.8 Å². The van der Waals surface area contributed by atoms with E-state index in [0.29, 0.717) is 81.4 Å². The van der Waals surface area contributed by atoms with Crippen molar-refractivity contribution in [1.82, 2.24) is 72.0 Å². The molecule has 1 aliphatic heterocycles. The summed E-state index contributed by atoms with van der Waals surface area (Å²) < 4.78 is 26.4. The van der Waals surface area contributed by atoms with E-state index >= 15 is 0 Å². The summed E-state index contributed by atoms with van der Waals surface area (Å²) in [7, 11) is 6.85. The highest BCUT2D eigenvalue weighted by Gasteiger charge is 2.21. The average Bonchev–Trinajstić information content (AvgIpc) is 1.73. The van der Waals surface area contributed by atoms with E-state index in [1.165, 1.54) is 28.1 Å². The number of nitrogens with zero attached hydrogens (tertiary/aromatic N) is 15. The van der Waals surface area contributed by atoms with Crippen LogP contribution < -0.4 is 47.2 Å². The van der Waals surface area contributed by atoms with Crippen molar-refractivity contribution < 1.29 is 14.2 Å². The molecule has 0 unspecified atom stereocenters. The largest absolute Gasteiger partial charge is 0.494 e. The second kappa shape index (κ2) is 32.6. The Morgan fingerprint density at radius 2 is 0.842 bits per heavy atom. The fourth-order valence-electron chi connectivity index (χ4n) is 11.7. The van der Waals surface area contributed by atoms with E-state index < -0.39 is 0 Å². The third-order valence-corrected chi connectivity index (χ3v) is 17.3. The van der Waals surface area contributed by atoms with Crippen LogP contribution in [0.1, 0.15) is 37.0 Å². The van der Waals surface area contributed by atoms with E-state index in [1.54, 1.807) is 70.5 Å². The Bertz CT molecular complexity index is 5310.